The number of carbonyl (C=O) groups excluding carboxylic acids is 1. The molecule has 5 aliphatic carbocycles. The number of amides is 1. The van der Waals surface area contributed by atoms with Gasteiger partial charge >= 0.3 is 0 Å². The molecule has 8 rings (SSSR count). The quantitative estimate of drug-likeness (QED) is 0.373. The molecule has 9 nitrogen and oxygen atoms in total. The van der Waals surface area contributed by atoms with E-state index in [1.165, 1.54) is 12.8 Å². The van der Waals surface area contributed by atoms with Crippen LogP contribution in [0.3, 0.4) is 0 Å². The summed E-state index contributed by atoms with van der Waals surface area (Å²) in [5, 5.41) is 34.2. The molecule has 0 radical (unpaired) electrons. The smallest absolute Gasteiger partial charge is 0.226 e. The van der Waals surface area contributed by atoms with Crippen LogP contribution in [-0.2, 0) is 23.7 Å². The van der Waals surface area contributed by atoms with Crippen LogP contribution in [0.1, 0.15) is 113 Å². The fourth-order valence-corrected chi connectivity index (χ4v) is 14.5. The number of rotatable bonds is 5. The molecule has 3 saturated heterocycles. The third-order valence-electron chi connectivity index (χ3n) is 17.1. The van der Waals surface area contributed by atoms with Crippen LogP contribution in [0.25, 0.3) is 0 Å². The average molecular weight is 688 g/mol. The van der Waals surface area contributed by atoms with E-state index in [9.17, 15) is 20.1 Å². The predicted octanol–water partition coefficient (Wildman–Crippen LogP) is 4.93. The van der Waals surface area contributed by atoms with Crippen LogP contribution in [0.4, 0.5) is 0 Å². The summed E-state index contributed by atoms with van der Waals surface area (Å²) in [6, 6.07) is 0. The zero-order chi connectivity index (χ0) is 34.9. The van der Waals surface area contributed by atoms with Gasteiger partial charge in [0, 0.05) is 31.1 Å². The van der Waals surface area contributed by atoms with Crippen LogP contribution in [0.5, 0.6) is 0 Å². The van der Waals surface area contributed by atoms with E-state index in [-0.39, 0.29) is 69.2 Å². The highest BCUT2D eigenvalue weighted by Gasteiger charge is 2.84. The van der Waals surface area contributed by atoms with Crippen molar-refractivity contribution < 1.29 is 39.1 Å². The van der Waals surface area contributed by atoms with Gasteiger partial charge in [0.15, 0.2) is 6.29 Å². The Kier molecular flexibility index (Phi) is 8.34. The van der Waals surface area contributed by atoms with Crippen LogP contribution in [0.15, 0.2) is 0 Å². The first kappa shape index (κ1) is 35.2. The fraction of sp³-hybridized carbons (Fsp3) is 0.975. The van der Waals surface area contributed by atoms with Gasteiger partial charge in [-0.3, -0.25) is 4.79 Å². The van der Waals surface area contributed by atoms with Crippen molar-refractivity contribution >= 4 is 5.91 Å². The van der Waals surface area contributed by atoms with Crippen molar-refractivity contribution in [2.45, 2.75) is 155 Å². The van der Waals surface area contributed by atoms with Crippen LogP contribution < -0.4 is 0 Å². The molecule has 3 aliphatic heterocycles. The molecule has 0 aromatic carbocycles. The largest absolute Gasteiger partial charge is 0.390 e. The maximum Gasteiger partial charge on any atom is 0.226 e. The number of aliphatic hydroxyl groups excluding tert-OH is 2. The normalized spacial score (nSPS) is 51.5. The van der Waals surface area contributed by atoms with Crippen LogP contribution in [0, 0.1) is 56.7 Å². The number of ether oxygens (including phenoxy) is 4. The van der Waals surface area contributed by atoms with Crippen molar-refractivity contribution in [2.75, 3.05) is 32.9 Å². The third-order valence-corrected chi connectivity index (χ3v) is 17.1. The van der Waals surface area contributed by atoms with Crippen LogP contribution in [-0.4, -0.2) is 101 Å². The molecule has 0 aromatic rings. The van der Waals surface area contributed by atoms with Crippen molar-refractivity contribution in [3.8, 4) is 0 Å². The van der Waals surface area contributed by atoms with Crippen molar-refractivity contribution in [1.29, 1.82) is 0 Å². The number of aliphatic hydroxyl groups is 3. The van der Waals surface area contributed by atoms with E-state index in [4.69, 9.17) is 18.9 Å². The topological polar surface area (TPSA) is 118 Å². The number of hydrogen-bond donors (Lipinski definition) is 3. The minimum absolute atomic E-state index is 0.0227. The van der Waals surface area contributed by atoms with Crippen molar-refractivity contribution in [1.82, 2.24) is 4.90 Å². The molecule has 1 amide bonds. The highest BCUT2D eigenvalue weighted by atomic mass is 16.7. The zero-order valence-corrected chi connectivity index (χ0v) is 31.3. The summed E-state index contributed by atoms with van der Waals surface area (Å²) in [5.74, 6) is 1.79. The summed E-state index contributed by atoms with van der Waals surface area (Å²) >= 11 is 0. The molecule has 8 aliphatic rings. The minimum Gasteiger partial charge on any atom is -0.390 e. The number of hydrogen-bond acceptors (Lipinski definition) is 8. The first-order chi connectivity index (χ1) is 23.0. The van der Waals surface area contributed by atoms with E-state index in [0.29, 0.717) is 51.2 Å². The fourth-order valence-electron chi connectivity index (χ4n) is 14.5. The third kappa shape index (κ3) is 4.83. The van der Waals surface area contributed by atoms with Gasteiger partial charge in [0.2, 0.25) is 5.91 Å². The van der Waals surface area contributed by atoms with E-state index >= 15 is 0 Å². The van der Waals surface area contributed by atoms with Crippen LogP contribution >= 0.6 is 0 Å². The second-order valence-electron chi connectivity index (χ2n) is 19.7. The van der Waals surface area contributed by atoms with E-state index in [1.54, 1.807) is 13.8 Å². The first-order valence-electron chi connectivity index (χ1n) is 19.9. The molecule has 2 spiro atoms. The number of fused-ring (bicyclic) bond motifs is 4. The Morgan fingerprint density at radius 1 is 0.959 bits per heavy atom. The van der Waals surface area contributed by atoms with Crippen molar-refractivity contribution in [2.24, 2.45) is 56.7 Å². The Labute approximate surface area is 294 Å². The maximum absolute atomic E-state index is 13.3. The summed E-state index contributed by atoms with van der Waals surface area (Å²) in [5.41, 5.74) is -1.08. The maximum atomic E-state index is 13.3. The van der Waals surface area contributed by atoms with Gasteiger partial charge in [0.05, 0.1) is 43.2 Å². The summed E-state index contributed by atoms with van der Waals surface area (Å²) in [7, 11) is 0. The molecule has 14 atom stereocenters. The number of morpholine rings is 1. The zero-order valence-electron chi connectivity index (χ0n) is 31.3. The molecular weight excluding hydrogens is 622 g/mol. The second kappa shape index (κ2) is 11.6. The standard InChI is InChI=1S/C40H65NO8/c1-23-20-25(32(42)36(4,5)45)48-31-30(23)37(6)14-15-40-22-39(40)13-10-28(35(2,3)26(39)8-9-27(40)38(37,7)33(31)43)49-29-21-41(16-19-47-29)34(44)24-11-17-46-18-12-24/h23-33,42-43,45H,8-22H2,1-7H3/t23-,25?,26+,27+,28+,29?,30?,31?,32+,33+,37-,38-,39-,40?/m1/s1. The lowest BCUT2D eigenvalue weighted by molar-refractivity contribution is -0.248. The summed E-state index contributed by atoms with van der Waals surface area (Å²) in [6.45, 7) is 18.3. The van der Waals surface area contributed by atoms with Gasteiger partial charge in [-0.15, -0.1) is 0 Å². The molecular formula is C40H65NO8. The Bertz CT molecular complexity index is 1300. The predicted molar refractivity (Wildman–Crippen MR) is 183 cm³/mol. The van der Waals surface area contributed by atoms with E-state index in [2.05, 4.69) is 34.6 Å². The van der Waals surface area contributed by atoms with Gasteiger partial charge in [0.25, 0.3) is 0 Å². The number of nitrogens with zero attached hydrogens (tertiary/aromatic N) is 1. The lowest BCUT2D eigenvalue weighted by Gasteiger charge is -2.64. The Hall–Kier alpha value is -0.810. The summed E-state index contributed by atoms with van der Waals surface area (Å²) in [4.78, 5) is 15.3. The molecule has 9 heteroatoms. The highest BCUT2D eigenvalue weighted by Crippen LogP contribution is 2.89. The van der Waals surface area contributed by atoms with Gasteiger partial charge in [0.1, 0.15) is 6.10 Å². The molecule has 5 saturated carbocycles. The lowest BCUT2D eigenvalue weighted by Crippen LogP contribution is -2.60. The Morgan fingerprint density at radius 2 is 1.65 bits per heavy atom. The first-order valence-corrected chi connectivity index (χ1v) is 19.9. The molecule has 3 heterocycles. The number of carbonyl (C=O) groups is 1. The van der Waals surface area contributed by atoms with E-state index in [1.807, 2.05) is 4.90 Å². The van der Waals surface area contributed by atoms with Crippen LogP contribution in [0.2, 0.25) is 0 Å². The molecule has 8 fully saturated rings. The average Bonchev–Trinajstić information content (AvgIpc) is 3.70. The molecule has 49 heavy (non-hydrogen) atoms. The van der Waals surface area contributed by atoms with Crippen molar-refractivity contribution in [3.63, 3.8) is 0 Å². The minimum atomic E-state index is -1.26. The van der Waals surface area contributed by atoms with Gasteiger partial charge in [-0.1, -0.05) is 34.6 Å². The molecule has 5 unspecified atom stereocenters. The second-order valence-corrected chi connectivity index (χ2v) is 19.7. The van der Waals surface area contributed by atoms with Gasteiger partial charge in [-0.05, 0) is 123 Å². The van der Waals surface area contributed by atoms with Gasteiger partial charge in [-0.2, -0.15) is 0 Å². The van der Waals surface area contributed by atoms with Gasteiger partial charge < -0.3 is 39.2 Å². The Morgan fingerprint density at radius 3 is 2.37 bits per heavy atom. The van der Waals surface area contributed by atoms with Gasteiger partial charge in [-0.25, -0.2) is 0 Å². The molecule has 3 N–H and O–H groups in total. The monoisotopic (exact) mass is 687 g/mol. The molecule has 278 valence electrons. The Balaban J connectivity index is 0.993. The summed E-state index contributed by atoms with van der Waals surface area (Å²) < 4.78 is 25.2. The molecule has 0 bridgehead atoms. The molecule has 0 aromatic heterocycles. The summed E-state index contributed by atoms with van der Waals surface area (Å²) in [6.07, 6.45) is 7.61. The van der Waals surface area contributed by atoms with E-state index < -0.39 is 23.9 Å². The lowest BCUT2D eigenvalue weighted by atomic mass is 9.41. The van der Waals surface area contributed by atoms with Crippen molar-refractivity contribution in [3.05, 3.63) is 0 Å². The SMILES string of the molecule is C[C@@H]1CC([C@H](O)C(C)(C)O)OC2C1[C@@]1(C)CCC34C[C@@]35CC[C@H](OC3CN(C(=O)C6CCOCC6)CCO3)C(C)(C)[C@@H]5CC[C@H]4[C@]1(C)[C@H]2O. The van der Waals surface area contributed by atoms with E-state index in [0.717, 1.165) is 44.9 Å². The highest BCUT2D eigenvalue weighted by molar-refractivity contribution is 5.79.